The van der Waals surface area contributed by atoms with Gasteiger partial charge in [0.2, 0.25) is 5.91 Å². The summed E-state index contributed by atoms with van der Waals surface area (Å²) < 4.78 is 44.6. The van der Waals surface area contributed by atoms with E-state index in [0.29, 0.717) is 44.4 Å². The summed E-state index contributed by atoms with van der Waals surface area (Å²) in [7, 11) is 0. The Morgan fingerprint density at radius 2 is 1.97 bits per heavy atom. The molecule has 174 valence electrons. The van der Waals surface area contributed by atoms with E-state index < -0.39 is 17.3 Å². The molecular weight excluding hydrogens is 459 g/mol. The van der Waals surface area contributed by atoms with Crippen LogP contribution in [0.25, 0.3) is 0 Å². The highest BCUT2D eigenvalue weighted by Crippen LogP contribution is 2.50. The van der Waals surface area contributed by atoms with Gasteiger partial charge in [0.15, 0.2) is 11.1 Å². The molecular formula is C22H21ClF3N5O2. The molecule has 1 aromatic heterocycles. The van der Waals surface area contributed by atoms with Gasteiger partial charge in [-0.15, -0.1) is 0 Å². The Bertz CT molecular complexity index is 1150. The highest BCUT2D eigenvalue weighted by atomic mass is 35.5. The van der Waals surface area contributed by atoms with Crippen LogP contribution in [0.4, 0.5) is 24.5 Å². The molecule has 3 heterocycles. The number of aliphatic imine (C=N–C) groups is 1. The van der Waals surface area contributed by atoms with Gasteiger partial charge >= 0.3 is 6.18 Å². The van der Waals surface area contributed by atoms with E-state index in [1.165, 1.54) is 0 Å². The van der Waals surface area contributed by atoms with Crippen molar-refractivity contribution in [2.45, 2.75) is 43.4 Å². The van der Waals surface area contributed by atoms with Crippen molar-refractivity contribution in [3.63, 3.8) is 0 Å². The van der Waals surface area contributed by atoms with Crippen molar-refractivity contribution in [2.75, 3.05) is 18.5 Å². The Morgan fingerprint density at radius 3 is 2.67 bits per heavy atom. The third-order valence-electron chi connectivity index (χ3n) is 6.43. The minimum atomic E-state index is -4.54. The number of nitrogens with two attached hydrogens (primary N) is 1. The first-order valence-electron chi connectivity index (χ1n) is 10.6. The largest absolute Gasteiger partial charge is 0.417 e. The maximum absolute atomic E-state index is 13.1. The molecule has 5 rings (SSSR count). The number of guanidine groups is 1. The molecule has 33 heavy (non-hydrogen) atoms. The van der Waals surface area contributed by atoms with Crippen molar-refractivity contribution in [2.24, 2.45) is 10.7 Å². The van der Waals surface area contributed by atoms with E-state index in [1.807, 2.05) is 6.07 Å². The van der Waals surface area contributed by atoms with Crippen LogP contribution < -0.4 is 11.1 Å². The fourth-order valence-corrected chi connectivity index (χ4v) is 4.97. The molecule has 1 amide bonds. The minimum absolute atomic E-state index is 0.0181. The molecule has 2 aromatic rings. The van der Waals surface area contributed by atoms with Crippen LogP contribution in [0.1, 0.15) is 36.0 Å². The zero-order chi connectivity index (χ0) is 23.4. The zero-order valence-corrected chi connectivity index (χ0v) is 18.2. The summed E-state index contributed by atoms with van der Waals surface area (Å²) in [6.45, 7) is 1.16. The molecule has 1 aromatic carbocycles. The molecule has 1 aliphatic carbocycles. The lowest BCUT2D eigenvalue weighted by atomic mass is 9.67. The molecule has 1 spiro atoms. The van der Waals surface area contributed by atoms with Crippen molar-refractivity contribution >= 4 is 34.8 Å². The van der Waals surface area contributed by atoms with Crippen molar-refractivity contribution < 1.29 is 22.7 Å². The highest BCUT2D eigenvalue weighted by molar-refractivity contribution is 6.32. The van der Waals surface area contributed by atoms with Gasteiger partial charge < -0.3 is 15.8 Å². The minimum Gasteiger partial charge on any atom is -0.381 e. The molecule has 0 radical (unpaired) electrons. The second-order valence-corrected chi connectivity index (χ2v) is 8.84. The number of alkyl halides is 3. The number of hydrogen-bond acceptors (Lipinski definition) is 6. The number of anilines is 2. The lowest BCUT2D eigenvalue weighted by molar-refractivity contribution is -0.137. The second-order valence-electron chi connectivity index (χ2n) is 8.48. The van der Waals surface area contributed by atoms with Gasteiger partial charge in [0.05, 0.1) is 17.7 Å². The molecule has 11 heteroatoms. The number of benzene rings is 1. The van der Waals surface area contributed by atoms with Gasteiger partial charge in [-0.05, 0) is 36.1 Å². The number of ether oxygens (including phenoxy) is 1. The molecule has 0 unspecified atom stereocenters. The normalized spacial score (nSPS) is 23.2. The van der Waals surface area contributed by atoms with Crippen molar-refractivity contribution in [1.29, 1.82) is 0 Å². The number of pyridine rings is 1. The van der Waals surface area contributed by atoms with Crippen LogP contribution in [0, 0.1) is 0 Å². The summed E-state index contributed by atoms with van der Waals surface area (Å²) in [4.78, 5) is 23.0. The first-order valence-corrected chi connectivity index (χ1v) is 10.9. The standard InChI is InChI=1S/C22H21ClF3N5O2/c23-19-17(8-12(11-28-19)22(24,25)26)29-16-3-1-2-15-14(16)9-21(15)10-18(32)31(20(27)30-21)13-4-6-33-7-5-13/h1-3,8,11,13,29H,4-7,9-10H2,(H2,27,30)/t21-/m0/s1. The first-order chi connectivity index (χ1) is 15.7. The number of nitrogens with one attached hydrogen (secondary N) is 1. The van der Waals surface area contributed by atoms with Crippen molar-refractivity contribution in [1.82, 2.24) is 9.88 Å². The molecule has 3 aliphatic rings. The van der Waals surface area contributed by atoms with E-state index in [1.54, 1.807) is 17.0 Å². The van der Waals surface area contributed by atoms with Crippen molar-refractivity contribution in [3.8, 4) is 0 Å². The number of halogens is 4. The Morgan fingerprint density at radius 1 is 1.21 bits per heavy atom. The topological polar surface area (TPSA) is 92.8 Å². The Labute approximate surface area is 192 Å². The summed E-state index contributed by atoms with van der Waals surface area (Å²) >= 11 is 6.04. The number of aromatic nitrogens is 1. The third kappa shape index (κ3) is 3.80. The maximum Gasteiger partial charge on any atom is 0.417 e. The van der Waals surface area contributed by atoms with Crippen LogP contribution in [-0.2, 0) is 27.7 Å². The molecule has 0 saturated carbocycles. The maximum atomic E-state index is 13.1. The molecule has 1 atom stereocenters. The summed E-state index contributed by atoms with van der Waals surface area (Å²) in [6, 6.07) is 6.28. The van der Waals surface area contributed by atoms with Crippen LogP contribution in [0.5, 0.6) is 0 Å². The van der Waals surface area contributed by atoms with Crippen LogP contribution in [0.2, 0.25) is 5.15 Å². The van der Waals surface area contributed by atoms with Crippen LogP contribution in [0.3, 0.4) is 0 Å². The molecule has 1 saturated heterocycles. The van der Waals surface area contributed by atoms with E-state index in [9.17, 15) is 18.0 Å². The lowest BCUT2D eigenvalue weighted by Gasteiger charge is -2.47. The average Bonchev–Trinajstić information content (AvgIpc) is 2.75. The Hall–Kier alpha value is -2.85. The predicted octanol–water partition coefficient (Wildman–Crippen LogP) is 3.97. The number of fused-ring (bicyclic) bond motifs is 2. The molecule has 7 nitrogen and oxygen atoms in total. The first kappa shape index (κ1) is 22.0. The quantitative estimate of drug-likeness (QED) is 0.650. The molecule has 0 bridgehead atoms. The van der Waals surface area contributed by atoms with Gasteiger partial charge in [-0.25, -0.2) is 9.98 Å². The predicted molar refractivity (Wildman–Crippen MR) is 116 cm³/mol. The number of carbonyl (C=O) groups excluding carboxylic acids is 1. The SMILES string of the molecule is NC1=N[C@]2(CC(=O)N1C1CCOCC1)Cc1c(Nc3cc(C(F)(F)F)cnc3Cl)cccc12. The second kappa shape index (κ2) is 7.88. The van der Waals surface area contributed by atoms with Crippen LogP contribution >= 0.6 is 11.6 Å². The smallest absolute Gasteiger partial charge is 0.381 e. The van der Waals surface area contributed by atoms with Gasteiger partial charge in [-0.3, -0.25) is 9.69 Å². The van der Waals surface area contributed by atoms with Gasteiger partial charge in [-0.2, -0.15) is 13.2 Å². The number of rotatable bonds is 3. The highest BCUT2D eigenvalue weighted by Gasteiger charge is 2.50. The van der Waals surface area contributed by atoms with Crippen LogP contribution in [-0.4, -0.2) is 41.0 Å². The zero-order valence-electron chi connectivity index (χ0n) is 17.5. The number of hydrogen-bond donors (Lipinski definition) is 2. The lowest BCUT2D eigenvalue weighted by Crippen LogP contribution is -2.58. The Kier molecular flexibility index (Phi) is 5.24. The van der Waals surface area contributed by atoms with Crippen LogP contribution in [0.15, 0.2) is 35.5 Å². The van der Waals surface area contributed by atoms with Crippen molar-refractivity contribution in [3.05, 3.63) is 52.3 Å². The van der Waals surface area contributed by atoms with E-state index in [2.05, 4.69) is 10.3 Å². The monoisotopic (exact) mass is 479 g/mol. The number of amides is 1. The number of nitrogens with zero attached hydrogens (tertiary/aromatic N) is 3. The third-order valence-corrected chi connectivity index (χ3v) is 6.73. The van der Waals surface area contributed by atoms with E-state index in [-0.39, 0.29) is 35.2 Å². The van der Waals surface area contributed by atoms with E-state index >= 15 is 0 Å². The summed E-state index contributed by atoms with van der Waals surface area (Å²) in [5.41, 5.74) is 6.91. The molecule has 2 aliphatic heterocycles. The van der Waals surface area contributed by atoms with E-state index in [0.717, 1.165) is 17.2 Å². The van der Waals surface area contributed by atoms with E-state index in [4.69, 9.17) is 27.1 Å². The summed E-state index contributed by atoms with van der Waals surface area (Å²) in [5, 5.41) is 2.89. The number of carbonyl (C=O) groups is 1. The fourth-order valence-electron chi connectivity index (χ4n) is 4.81. The fraction of sp³-hybridized carbons (Fsp3) is 0.409. The summed E-state index contributed by atoms with van der Waals surface area (Å²) in [5.74, 6) is 0.121. The van der Waals surface area contributed by atoms with Gasteiger partial charge in [-0.1, -0.05) is 23.7 Å². The Balaban J connectivity index is 1.43. The molecule has 1 fully saturated rings. The average molecular weight is 480 g/mol. The summed E-state index contributed by atoms with van der Waals surface area (Å²) in [6.07, 6.45) is -1.79. The molecule has 3 N–H and O–H groups in total. The van der Waals surface area contributed by atoms with Gasteiger partial charge in [0.1, 0.15) is 5.54 Å². The van der Waals surface area contributed by atoms with Gasteiger partial charge in [0.25, 0.3) is 0 Å². The van der Waals surface area contributed by atoms with Gasteiger partial charge in [0, 0.05) is 37.6 Å².